The molecule has 3 N–H and O–H groups in total. The molecule has 0 saturated carbocycles. The number of benzene rings is 4. The van der Waals surface area contributed by atoms with Crippen molar-refractivity contribution >= 4 is 64.1 Å². The van der Waals surface area contributed by atoms with Gasteiger partial charge < -0.3 is 24.8 Å². The molecule has 44 heavy (non-hydrogen) atoms. The second-order valence-electron chi connectivity index (χ2n) is 10.8. The second kappa shape index (κ2) is 15.7. The Morgan fingerprint density at radius 3 is 2.41 bits per heavy atom. The number of hydrogen-bond donors (Lipinski definition) is 2. The van der Waals surface area contributed by atoms with E-state index in [1.54, 1.807) is 0 Å². The van der Waals surface area contributed by atoms with Gasteiger partial charge in [-0.1, -0.05) is 66.7 Å². The Balaban J connectivity index is 0.00000264. The van der Waals surface area contributed by atoms with Gasteiger partial charge in [-0.25, -0.2) is 4.98 Å². The zero-order chi connectivity index (χ0) is 29.6. The third-order valence-electron chi connectivity index (χ3n) is 7.59. The smallest absolute Gasteiger partial charge is 0.253 e. The number of rotatable bonds is 12. The first kappa shape index (κ1) is 34.5. The summed E-state index contributed by atoms with van der Waals surface area (Å²) in [7, 11) is 6.00. The van der Waals surface area contributed by atoms with Crippen LogP contribution in [-0.4, -0.2) is 60.0 Å². The Morgan fingerprint density at radius 1 is 0.955 bits per heavy atom. The van der Waals surface area contributed by atoms with E-state index in [2.05, 4.69) is 28.8 Å². The van der Waals surface area contributed by atoms with E-state index in [4.69, 9.17) is 20.9 Å². The van der Waals surface area contributed by atoms with Crippen molar-refractivity contribution < 1.29 is 9.53 Å². The van der Waals surface area contributed by atoms with Crippen LogP contribution in [0.4, 0.5) is 5.69 Å². The first-order chi connectivity index (χ1) is 20.3. The molecule has 5 aromatic rings. The average molecular weight is 636 g/mol. The number of nitrogens with one attached hydrogen (secondary N) is 1. The Morgan fingerprint density at radius 2 is 1.68 bits per heavy atom. The maximum absolute atomic E-state index is 13.6. The van der Waals surface area contributed by atoms with E-state index in [0.29, 0.717) is 13.2 Å². The zero-order valence-corrected chi connectivity index (χ0v) is 27.0. The number of nitrogens with two attached hydrogens (primary N) is 1. The maximum Gasteiger partial charge on any atom is 0.253 e. The fraction of sp³-hybridized carbons (Fsp3) is 0.265. The van der Waals surface area contributed by atoms with E-state index in [9.17, 15) is 4.79 Å². The minimum Gasteiger partial charge on any atom is -0.384 e. The molecule has 1 aromatic heterocycles. The van der Waals surface area contributed by atoms with Gasteiger partial charge in [0.2, 0.25) is 0 Å². The Labute approximate surface area is 271 Å². The molecule has 4 aromatic carbocycles. The summed E-state index contributed by atoms with van der Waals surface area (Å²) in [4.78, 5) is 22.4. The van der Waals surface area contributed by atoms with Gasteiger partial charge in [0.25, 0.3) is 5.91 Å². The number of nitrogen functional groups attached to an aromatic ring is 1. The standard InChI is InChI=1S/C34H38N6O2.2ClH/c1-38(2)19-20-42-23-33(41)40(22-27-9-6-8-25-7-4-5-10-29(25)27)28-16-17-31-30(21-28)37-32(39(31)3)18-13-24-11-14-26(15-12-24)34(35)36;;/h4-12,14-17,21H,13,18-20,22-23H2,1-3H3,(H3,35,36);2*1H. The summed E-state index contributed by atoms with van der Waals surface area (Å²) < 4.78 is 7.88. The first-order valence-corrected chi connectivity index (χ1v) is 14.2. The van der Waals surface area contributed by atoms with Crippen LogP contribution in [0.5, 0.6) is 0 Å². The molecular weight excluding hydrogens is 595 g/mol. The van der Waals surface area contributed by atoms with Crippen molar-refractivity contribution in [1.29, 1.82) is 5.41 Å². The number of aromatic nitrogens is 2. The number of halogens is 2. The fourth-order valence-corrected chi connectivity index (χ4v) is 5.15. The molecule has 5 rings (SSSR count). The van der Waals surface area contributed by atoms with Crippen molar-refractivity contribution in [2.75, 3.05) is 38.8 Å². The van der Waals surface area contributed by atoms with E-state index < -0.39 is 0 Å². The molecule has 0 unspecified atom stereocenters. The molecule has 0 bridgehead atoms. The Hall–Kier alpha value is -3.95. The van der Waals surface area contributed by atoms with Gasteiger partial charge in [-0.05, 0) is 60.6 Å². The molecule has 232 valence electrons. The Kier molecular flexibility index (Phi) is 12.3. The van der Waals surface area contributed by atoms with Gasteiger partial charge in [-0.3, -0.25) is 10.2 Å². The summed E-state index contributed by atoms with van der Waals surface area (Å²) in [5, 5.41) is 9.87. The molecule has 1 amide bonds. The Bertz CT molecular complexity index is 1710. The monoisotopic (exact) mass is 634 g/mol. The lowest BCUT2D eigenvalue weighted by atomic mass is 10.0. The number of amides is 1. The van der Waals surface area contributed by atoms with Gasteiger partial charge in [-0.15, -0.1) is 24.8 Å². The SMILES string of the molecule is CN(C)CCOCC(=O)N(Cc1cccc2ccccc12)c1ccc2c(c1)nc(CCc1ccc(C(=N)N)cc1)n2C.Cl.Cl. The molecule has 0 aliphatic heterocycles. The largest absolute Gasteiger partial charge is 0.384 e. The predicted molar refractivity (Wildman–Crippen MR) is 185 cm³/mol. The normalized spacial score (nSPS) is 10.9. The van der Waals surface area contributed by atoms with Crippen LogP contribution in [0.15, 0.2) is 84.9 Å². The topological polar surface area (TPSA) is 100 Å². The van der Waals surface area contributed by atoms with Crippen molar-refractivity contribution in [3.05, 3.63) is 107 Å². The van der Waals surface area contributed by atoms with E-state index in [-0.39, 0.29) is 43.2 Å². The summed E-state index contributed by atoms with van der Waals surface area (Å²) >= 11 is 0. The zero-order valence-electron chi connectivity index (χ0n) is 25.3. The number of carbonyl (C=O) groups is 1. The van der Waals surface area contributed by atoms with E-state index in [1.807, 2.05) is 91.6 Å². The number of amidine groups is 1. The molecule has 0 radical (unpaired) electrons. The molecule has 1 heterocycles. The lowest BCUT2D eigenvalue weighted by molar-refractivity contribution is -0.123. The molecular formula is C34H40Cl2N6O2. The molecule has 0 saturated heterocycles. The van der Waals surface area contributed by atoms with E-state index in [0.717, 1.165) is 69.4 Å². The van der Waals surface area contributed by atoms with Crippen LogP contribution in [0.1, 0.15) is 22.5 Å². The van der Waals surface area contributed by atoms with Crippen LogP contribution in [0.3, 0.4) is 0 Å². The first-order valence-electron chi connectivity index (χ1n) is 14.2. The number of ether oxygens (including phenoxy) is 1. The lowest BCUT2D eigenvalue weighted by Gasteiger charge is -2.24. The number of nitrogens with zero attached hydrogens (tertiary/aromatic N) is 4. The highest BCUT2D eigenvalue weighted by Crippen LogP contribution is 2.27. The summed E-state index contributed by atoms with van der Waals surface area (Å²) in [6.45, 7) is 1.67. The van der Waals surface area contributed by atoms with Crippen LogP contribution in [0, 0.1) is 5.41 Å². The molecule has 8 nitrogen and oxygen atoms in total. The van der Waals surface area contributed by atoms with Gasteiger partial charge in [0, 0.05) is 31.3 Å². The predicted octanol–water partition coefficient (Wildman–Crippen LogP) is 5.75. The minimum atomic E-state index is -0.0915. The molecule has 0 spiro atoms. The van der Waals surface area contributed by atoms with Gasteiger partial charge >= 0.3 is 0 Å². The number of carbonyl (C=O) groups excluding carboxylic acids is 1. The molecule has 0 atom stereocenters. The number of likely N-dealkylation sites (N-methyl/N-ethyl adjacent to an activating group) is 1. The summed E-state index contributed by atoms with van der Waals surface area (Å²) in [6, 6.07) is 28.3. The minimum absolute atomic E-state index is 0. The van der Waals surface area contributed by atoms with Crippen molar-refractivity contribution in [3.63, 3.8) is 0 Å². The van der Waals surface area contributed by atoms with Crippen molar-refractivity contribution in [1.82, 2.24) is 14.5 Å². The highest BCUT2D eigenvalue weighted by atomic mass is 35.5. The molecule has 0 fully saturated rings. The van der Waals surface area contributed by atoms with E-state index in [1.165, 1.54) is 0 Å². The highest BCUT2D eigenvalue weighted by molar-refractivity contribution is 5.97. The maximum atomic E-state index is 13.6. The highest BCUT2D eigenvalue weighted by Gasteiger charge is 2.20. The van der Waals surface area contributed by atoms with Crippen LogP contribution in [0.2, 0.25) is 0 Å². The summed E-state index contributed by atoms with van der Waals surface area (Å²) in [5.41, 5.74) is 11.2. The number of aryl methyl sites for hydroxylation is 3. The second-order valence-corrected chi connectivity index (χ2v) is 10.8. The van der Waals surface area contributed by atoms with Crippen LogP contribution in [0.25, 0.3) is 21.8 Å². The molecule has 10 heteroatoms. The average Bonchev–Trinajstić information content (AvgIpc) is 3.31. The summed E-state index contributed by atoms with van der Waals surface area (Å²) in [6.07, 6.45) is 1.58. The number of anilines is 1. The van der Waals surface area contributed by atoms with Crippen LogP contribution in [-0.2, 0) is 36.0 Å². The van der Waals surface area contributed by atoms with Crippen LogP contribution < -0.4 is 10.6 Å². The third kappa shape index (κ3) is 8.15. The summed E-state index contributed by atoms with van der Waals surface area (Å²) in [5.74, 6) is 0.948. The van der Waals surface area contributed by atoms with E-state index >= 15 is 0 Å². The number of imidazole rings is 1. The quantitative estimate of drug-likeness (QED) is 0.103. The fourth-order valence-electron chi connectivity index (χ4n) is 5.15. The van der Waals surface area contributed by atoms with Gasteiger partial charge in [0.15, 0.2) is 0 Å². The molecule has 0 aliphatic rings. The lowest BCUT2D eigenvalue weighted by Crippen LogP contribution is -2.34. The molecule has 0 aliphatic carbocycles. The van der Waals surface area contributed by atoms with Crippen molar-refractivity contribution in [2.45, 2.75) is 19.4 Å². The third-order valence-corrected chi connectivity index (χ3v) is 7.59. The number of fused-ring (bicyclic) bond motifs is 2. The van der Waals surface area contributed by atoms with Gasteiger partial charge in [-0.2, -0.15) is 0 Å². The van der Waals surface area contributed by atoms with Crippen LogP contribution >= 0.6 is 24.8 Å². The van der Waals surface area contributed by atoms with Gasteiger partial charge in [0.05, 0.1) is 24.2 Å². The van der Waals surface area contributed by atoms with Gasteiger partial charge in [0.1, 0.15) is 18.3 Å². The van der Waals surface area contributed by atoms with Crippen molar-refractivity contribution in [2.24, 2.45) is 12.8 Å². The number of hydrogen-bond acceptors (Lipinski definition) is 5. The van der Waals surface area contributed by atoms with Crippen molar-refractivity contribution in [3.8, 4) is 0 Å².